The van der Waals surface area contributed by atoms with Gasteiger partial charge >= 0.3 is 0 Å². The van der Waals surface area contributed by atoms with E-state index in [1.807, 2.05) is 4.90 Å². The number of aromatic amines is 1. The van der Waals surface area contributed by atoms with E-state index in [2.05, 4.69) is 9.97 Å². The number of carbonyl (C=O) groups excluding carboxylic acids is 1. The average molecular weight is 237 g/mol. The van der Waals surface area contributed by atoms with Crippen LogP contribution in [0.4, 0.5) is 11.5 Å². The van der Waals surface area contributed by atoms with Gasteiger partial charge in [-0.2, -0.15) is 0 Å². The number of H-pyrrole nitrogens is 1. The summed E-state index contributed by atoms with van der Waals surface area (Å²) in [6, 6.07) is 0. The van der Waals surface area contributed by atoms with E-state index < -0.39 is 0 Å². The zero-order valence-electron chi connectivity index (χ0n) is 9.35. The van der Waals surface area contributed by atoms with Crippen LogP contribution >= 0.6 is 0 Å². The van der Waals surface area contributed by atoms with Crippen LogP contribution in [0, 0.1) is 5.92 Å². The fourth-order valence-electron chi connectivity index (χ4n) is 2.05. The Hall–Kier alpha value is -2.05. The zero-order chi connectivity index (χ0) is 12.4. The number of piperidine rings is 1. The van der Waals surface area contributed by atoms with E-state index in [0.29, 0.717) is 12.4 Å². The van der Waals surface area contributed by atoms with Crippen molar-refractivity contribution in [3.8, 4) is 0 Å². The maximum atomic E-state index is 11.4. The van der Waals surface area contributed by atoms with Crippen molar-refractivity contribution in [1.82, 2.24) is 9.97 Å². The van der Waals surface area contributed by atoms with Gasteiger partial charge in [-0.1, -0.05) is 0 Å². The summed E-state index contributed by atoms with van der Waals surface area (Å²) in [6.45, 7) is 1.19. The molecule has 1 amide bonds. The summed E-state index contributed by atoms with van der Waals surface area (Å²) in [5, 5.41) is 0. The molecule has 1 saturated heterocycles. The number of anilines is 2. The molecule has 17 heavy (non-hydrogen) atoms. The number of carbonyl (C=O) groups is 1. The summed E-state index contributed by atoms with van der Waals surface area (Å²) in [7, 11) is 0. The molecule has 5 N–H and O–H groups in total. The lowest BCUT2D eigenvalue weighted by Crippen LogP contribution is -2.42. The second-order valence-corrected chi connectivity index (χ2v) is 4.16. The smallest absolute Gasteiger partial charge is 0.276 e. The first-order valence-corrected chi connectivity index (χ1v) is 5.47. The Bertz CT molecular complexity index is 484. The van der Waals surface area contributed by atoms with Gasteiger partial charge in [-0.15, -0.1) is 0 Å². The molecule has 7 nitrogen and oxygen atoms in total. The molecule has 1 aliphatic heterocycles. The van der Waals surface area contributed by atoms with E-state index in [0.717, 1.165) is 19.4 Å². The third-order valence-electron chi connectivity index (χ3n) is 2.99. The van der Waals surface area contributed by atoms with E-state index in [1.54, 1.807) is 0 Å². The molecule has 1 fully saturated rings. The van der Waals surface area contributed by atoms with Crippen molar-refractivity contribution in [2.75, 3.05) is 23.7 Å². The third kappa shape index (κ3) is 2.22. The summed E-state index contributed by atoms with van der Waals surface area (Å²) in [6.07, 6.45) is 2.92. The molecular formula is C10H15N5O2. The minimum Gasteiger partial charge on any atom is -0.391 e. The first-order chi connectivity index (χ1) is 8.09. The topological polar surface area (TPSA) is 118 Å². The van der Waals surface area contributed by atoms with Crippen molar-refractivity contribution in [2.45, 2.75) is 12.8 Å². The average Bonchev–Trinajstić information content (AvgIpc) is 2.33. The van der Waals surface area contributed by atoms with Crippen LogP contribution in [0.2, 0.25) is 0 Å². The van der Waals surface area contributed by atoms with E-state index in [-0.39, 0.29) is 23.1 Å². The second kappa shape index (κ2) is 4.44. The Balaban J connectivity index is 2.25. The van der Waals surface area contributed by atoms with Gasteiger partial charge in [0.15, 0.2) is 5.82 Å². The molecule has 0 aromatic carbocycles. The number of hydrogen-bond donors (Lipinski definition) is 3. The van der Waals surface area contributed by atoms with Gasteiger partial charge < -0.3 is 21.4 Å². The Labute approximate surface area is 97.8 Å². The number of aromatic nitrogens is 2. The van der Waals surface area contributed by atoms with Crippen LogP contribution in [0.5, 0.6) is 0 Å². The summed E-state index contributed by atoms with van der Waals surface area (Å²) in [5.41, 5.74) is 10.7. The molecule has 0 saturated carbocycles. The van der Waals surface area contributed by atoms with Crippen LogP contribution in [0.25, 0.3) is 0 Å². The monoisotopic (exact) mass is 237 g/mol. The van der Waals surface area contributed by atoms with Gasteiger partial charge in [0.2, 0.25) is 5.91 Å². The number of amides is 1. The Morgan fingerprint density at radius 3 is 3.06 bits per heavy atom. The summed E-state index contributed by atoms with van der Waals surface area (Å²) in [5.74, 6) is -0.0953. The number of primary amides is 1. The van der Waals surface area contributed by atoms with Crippen molar-refractivity contribution in [3.05, 3.63) is 16.7 Å². The van der Waals surface area contributed by atoms with Crippen LogP contribution in [0.15, 0.2) is 11.1 Å². The number of rotatable bonds is 2. The minimum atomic E-state index is -0.365. The van der Waals surface area contributed by atoms with Gasteiger partial charge in [-0.25, -0.2) is 4.98 Å². The van der Waals surface area contributed by atoms with Crippen molar-refractivity contribution >= 4 is 17.4 Å². The quantitative estimate of drug-likeness (QED) is 0.613. The second-order valence-electron chi connectivity index (χ2n) is 4.16. The first kappa shape index (κ1) is 11.4. The van der Waals surface area contributed by atoms with Crippen molar-refractivity contribution in [1.29, 1.82) is 0 Å². The van der Waals surface area contributed by atoms with Crippen molar-refractivity contribution in [2.24, 2.45) is 11.7 Å². The Kier molecular flexibility index (Phi) is 2.99. The number of nitrogens with one attached hydrogen (secondary N) is 1. The molecule has 0 bridgehead atoms. The normalized spacial score (nSPS) is 20.2. The maximum absolute atomic E-state index is 11.4. The largest absolute Gasteiger partial charge is 0.391 e. The summed E-state index contributed by atoms with van der Waals surface area (Å²) >= 11 is 0. The number of nitrogens with zero attached hydrogens (tertiary/aromatic N) is 2. The zero-order valence-corrected chi connectivity index (χ0v) is 9.35. The van der Waals surface area contributed by atoms with E-state index >= 15 is 0 Å². The standard InChI is InChI=1S/C10H15N5O2/c11-7-9(13-5-14-10(7)17)15-3-1-2-6(4-15)8(12)16/h5-6H,1-4,11H2,(H2,12,16)(H,13,14,17). The Morgan fingerprint density at radius 1 is 1.59 bits per heavy atom. The molecule has 0 spiro atoms. The third-order valence-corrected chi connectivity index (χ3v) is 2.99. The number of nitrogen functional groups attached to an aromatic ring is 1. The highest BCUT2D eigenvalue weighted by molar-refractivity contribution is 5.78. The fraction of sp³-hybridized carbons (Fsp3) is 0.500. The predicted octanol–water partition coefficient (Wildman–Crippen LogP) is -0.946. The van der Waals surface area contributed by atoms with E-state index in [9.17, 15) is 9.59 Å². The lowest BCUT2D eigenvalue weighted by molar-refractivity contribution is -0.122. The molecule has 1 aromatic heterocycles. The molecule has 0 radical (unpaired) electrons. The van der Waals surface area contributed by atoms with Gasteiger partial charge in [0, 0.05) is 13.1 Å². The first-order valence-electron chi connectivity index (χ1n) is 5.47. The molecule has 1 unspecified atom stereocenters. The van der Waals surface area contributed by atoms with Crippen molar-refractivity contribution < 1.29 is 4.79 Å². The van der Waals surface area contributed by atoms with Crippen molar-refractivity contribution in [3.63, 3.8) is 0 Å². The lowest BCUT2D eigenvalue weighted by Gasteiger charge is -2.32. The molecule has 2 rings (SSSR count). The van der Waals surface area contributed by atoms with Crippen LogP contribution in [0.3, 0.4) is 0 Å². The fourth-order valence-corrected chi connectivity index (χ4v) is 2.05. The molecule has 0 aliphatic carbocycles. The molecule has 1 aromatic rings. The molecule has 1 aliphatic rings. The van der Waals surface area contributed by atoms with Gasteiger partial charge in [0.1, 0.15) is 5.69 Å². The summed E-state index contributed by atoms with van der Waals surface area (Å²) < 4.78 is 0. The Morgan fingerprint density at radius 2 is 2.35 bits per heavy atom. The molecule has 1 atom stereocenters. The van der Waals surface area contributed by atoms with Gasteiger partial charge in [0.25, 0.3) is 5.56 Å². The highest BCUT2D eigenvalue weighted by Crippen LogP contribution is 2.23. The lowest BCUT2D eigenvalue weighted by atomic mass is 9.97. The van der Waals surface area contributed by atoms with Crippen LogP contribution in [-0.4, -0.2) is 29.0 Å². The number of nitrogens with two attached hydrogens (primary N) is 2. The predicted molar refractivity (Wildman–Crippen MR) is 63.4 cm³/mol. The number of hydrogen-bond acceptors (Lipinski definition) is 5. The van der Waals surface area contributed by atoms with Gasteiger partial charge in [-0.05, 0) is 12.8 Å². The molecular weight excluding hydrogens is 222 g/mol. The van der Waals surface area contributed by atoms with Gasteiger partial charge in [0.05, 0.1) is 12.2 Å². The minimum absolute atomic E-state index is 0.0811. The molecule has 2 heterocycles. The molecule has 92 valence electrons. The van der Waals surface area contributed by atoms with E-state index in [4.69, 9.17) is 11.5 Å². The van der Waals surface area contributed by atoms with Crippen LogP contribution in [-0.2, 0) is 4.79 Å². The van der Waals surface area contributed by atoms with Gasteiger partial charge in [-0.3, -0.25) is 9.59 Å². The van der Waals surface area contributed by atoms with Crippen LogP contribution in [0.1, 0.15) is 12.8 Å². The van der Waals surface area contributed by atoms with Crippen LogP contribution < -0.4 is 21.9 Å². The highest BCUT2D eigenvalue weighted by Gasteiger charge is 2.26. The molecule has 7 heteroatoms. The SMILES string of the molecule is NC(=O)C1CCCN(c2nc[nH]c(=O)c2N)C1. The summed E-state index contributed by atoms with van der Waals surface area (Å²) in [4.78, 5) is 30.8. The maximum Gasteiger partial charge on any atom is 0.276 e. The highest BCUT2D eigenvalue weighted by atomic mass is 16.1. The van der Waals surface area contributed by atoms with E-state index in [1.165, 1.54) is 6.33 Å².